The summed E-state index contributed by atoms with van der Waals surface area (Å²) in [4.78, 5) is 25.6. The molecule has 0 atom stereocenters. The molecule has 3 N–H and O–H groups in total. The zero-order chi connectivity index (χ0) is 26.0. The molecule has 0 radical (unpaired) electrons. The Hall–Kier alpha value is -4.10. The number of aliphatic hydroxyl groups is 1. The van der Waals surface area contributed by atoms with Crippen LogP contribution < -0.4 is 20.1 Å². The van der Waals surface area contributed by atoms with E-state index in [-0.39, 0.29) is 18.8 Å². The summed E-state index contributed by atoms with van der Waals surface area (Å²) in [6.45, 7) is 0.396. The van der Waals surface area contributed by atoms with Crippen molar-refractivity contribution in [3.8, 4) is 11.5 Å². The van der Waals surface area contributed by atoms with Gasteiger partial charge in [0.05, 0.1) is 20.3 Å². The molecule has 37 heavy (non-hydrogen) atoms. The van der Waals surface area contributed by atoms with Gasteiger partial charge in [0.25, 0.3) is 11.8 Å². The van der Waals surface area contributed by atoms with Gasteiger partial charge in [-0.25, -0.2) is 0 Å². The molecule has 1 aliphatic carbocycles. The molecule has 2 amide bonds. The van der Waals surface area contributed by atoms with Gasteiger partial charge in [-0.3, -0.25) is 9.59 Å². The number of carbonyl (C=O) groups is 2. The van der Waals surface area contributed by atoms with Gasteiger partial charge in [-0.2, -0.15) is 0 Å². The van der Waals surface area contributed by atoms with Crippen LogP contribution >= 0.6 is 0 Å². The van der Waals surface area contributed by atoms with E-state index in [4.69, 9.17) is 14.6 Å². The Balaban J connectivity index is 1.36. The molecule has 4 rings (SSSR count). The molecule has 1 saturated carbocycles. The average Bonchev–Trinajstić information content (AvgIpc) is 3.78. The Morgan fingerprint density at radius 3 is 2.24 bits per heavy atom. The normalized spacial score (nSPS) is 13.1. The van der Waals surface area contributed by atoms with Crippen LogP contribution in [0.15, 0.2) is 78.5 Å². The standard InChI is InChI=1S/C30H32N2O5/c1-36-26-12-4-21(5-13-26)16-19-37-27-14-10-25(11-15-27)29(34)32-28(30(35)31-17-18-33)20-22-2-6-23(7-3-22)24-8-9-24/h2-7,10-15,20,24,33H,8-9,16-19H2,1H3,(H,31,35)(H,32,34)/b28-20-. The summed E-state index contributed by atoms with van der Waals surface area (Å²) in [5, 5.41) is 14.4. The summed E-state index contributed by atoms with van der Waals surface area (Å²) >= 11 is 0. The number of aliphatic hydroxyl groups excluding tert-OH is 1. The molecule has 192 valence electrons. The molecule has 3 aromatic carbocycles. The van der Waals surface area contributed by atoms with Crippen molar-refractivity contribution in [2.75, 3.05) is 26.9 Å². The lowest BCUT2D eigenvalue weighted by Crippen LogP contribution is -2.36. The third kappa shape index (κ3) is 7.69. The topological polar surface area (TPSA) is 96.9 Å². The van der Waals surface area contributed by atoms with Gasteiger partial charge in [0.2, 0.25) is 0 Å². The van der Waals surface area contributed by atoms with E-state index in [0.717, 1.165) is 23.3 Å². The third-order valence-corrected chi connectivity index (χ3v) is 6.12. The molecule has 0 aromatic heterocycles. The quantitative estimate of drug-likeness (QED) is 0.326. The molecule has 0 heterocycles. The van der Waals surface area contributed by atoms with Crippen molar-refractivity contribution in [1.29, 1.82) is 0 Å². The van der Waals surface area contributed by atoms with E-state index >= 15 is 0 Å². The van der Waals surface area contributed by atoms with Crippen LogP contribution in [-0.4, -0.2) is 43.8 Å². The number of carbonyl (C=O) groups excluding carboxylic acids is 2. The van der Waals surface area contributed by atoms with Gasteiger partial charge in [0.15, 0.2) is 0 Å². The summed E-state index contributed by atoms with van der Waals surface area (Å²) in [6, 6.07) is 22.6. The first-order chi connectivity index (χ1) is 18.1. The minimum absolute atomic E-state index is 0.0925. The van der Waals surface area contributed by atoms with E-state index in [1.54, 1.807) is 37.5 Å². The van der Waals surface area contributed by atoms with Crippen molar-refractivity contribution in [3.63, 3.8) is 0 Å². The van der Waals surface area contributed by atoms with Gasteiger partial charge in [-0.1, -0.05) is 36.4 Å². The van der Waals surface area contributed by atoms with Crippen LogP contribution in [0.1, 0.15) is 45.8 Å². The number of nitrogens with one attached hydrogen (secondary N) is 2. The number of hydrogen-bond acceptors (Lipinski definition) is 5. The summed E-state index contributed by atoms with van der Waals surface area (Å²) in [6.07, 6.45) is 4.81. The molecule has 7 heteroatoms. The predicted molar refractivity (Wildman–Crippen MR) is 143 cm³/mol. The molecule has 1 aliphatic rings. The number of rotatable bonds is 12. The van der Waals surface area contributed by atoms with Gasteiger partial charge >= 0.3 is 0 Å². The van der Waals surface area contributed by atoms with Crippen LogP contribution in [0, 0.1) is 0 Å². The lowest BCUT2D eigenvalue weighted by molar-refractivity contribution is -0.117. The van der Waals surface area contributed by atoms with Gasteiger partial charge in [-0.05, 0) is 77.9 Å². The second kappa shape index (κ2) is 12.7. The number of ether oxygens (including phenoxy) is 2. The van der Waals surface area contributed by atoms with Crippen LogP contribution in [-0.2, 0) is 11.2 Å². The molecule has 0 unspecified atom stereocenters. The highest BCUT2D eigenvalue weighted by atomic mass is 16.5. The van der Waals surface area contributed by atoms with Crippen molar-refractivity contribution >= 4 is 17.9 Å². The number of hydrogen-bond donors (Lipinski definition) is 3. The number of benzene rings is 3. The largest absolute Gasteiger partial charge is 0.497 e. The molecular formula is C30H32N2O5. The Kier molecular flexibility index (Phi) is 8.94. The summed E-state index contributed by atoms with van der Waals surface area (Å²) in [5.74, 6) is 1.22. The molecule has 0 aliphatic heterocycles. The minimum atomic E-state index is -0.466. The average molecular weight is 501 g/mol. The second-order valence-corrected chi connectivity index (χ2v) is 8.90. The maximum Gasteiger partial charge on any atom is 0.267 e. The van der Waals surface area contributed by atoms with E-state index < -0.39 is 11.8 Å². The van der Waals surface area contributed by atoms with E-state index in [9.17, 15) is 9.59 Å². The Morgan fingerprint density at radius 1 is 0.946 bits per heavy atom. The minimum Gasteiger partial charge on any atom is -0.497 e. The van der Waals surface area contributed by atoms with Crippen LogP contribution in [0.2, 0.25) is 0 Å². The highest BCUT2D eigenvalue weighted by Crippen LogP contribution is 2.39. The van der Waals surface area contributed by atoms with Gasteiger partial charge in [-0.15, -0.1) is 0 Å². The molecule has 1 fully saturated rings. The van der Waals surface area contributed by atoms with Crippen molar-refractivity contribution in [3.05, 3.63) is 101 Å². The van der Waals surface area contributed by atoms with Crippen LogP contribution in [0.3, 0.4) is 0 Å². The number of amides is 2. The maximum absolute atomic E-state index is 12.9. The fourth-order valence-electron chi connectivity index (χ4n) is 3.85. The first-order valence-corrected chi connectivity index (χ1v) is 12.4. The highest BCUT2D eigenvalue weighted by molar-refractivity contribution is 6.05. The Morgan fingerprint density at radius 2 is 1.62 bits per heavy atom. The van der Waals surface area contributed by atoms with Gasteiger partial charge < -0.3 is 25.2 Å². The molecule has 3 aromatic rings. The Labute approximate surface area is 217 Å². The van der Waals surface area contributed by atoms with E-state index in [2.05, 4.69) is 22.8 Å². The maximum atomic E-state index is 12.9. The smallest absolute Gasteiger partial charge is 0.267 e. The van der Waals surface area contributed by atoms with Crippen LogP contribution in [0.4, 0.5) is 0 Å². The molecule has 0 saturated heterocycles. The fourth-order valence-corrected chi connectivity index (χ4v) is 3.85. The monoisotopic (exact) mass is 500 g/mol. The fraction of sp³-hybridized carbons (Fsp3) is 0.267. The van der Waals surface area contributed by atoms with Crippen molar-refractivity contribution in [1.82, 2.24) is 10.6 Å². The SMILES string of the molecule is COc1ccc(CCOc2ccc(C(=O)N/C(=C\c3ccc(C4CC4)cc3)C(=O)NCCO)cc2)cc1. The summed E-state index contributed by atoms with van der Waals surface area (Å²) < 4.78 is 11.0. The zero-order valence-electron chi connectivity index (χ0n) is 20.9. The Bertz CT molecular complexity index is 1210. The predicted octanol–water partition coefficient (Wildman–Crippen LogP) is 4.07. The zero-order valence-corrected chi connectivity index (χ0v) is 20.9. The molecular weight excluding hydrogens is 468 g/mol. The lowest BCUT2D eigenvalue weighted by atomic mass is 10.1. The highest BCUT2D eigenvalue weighted by Gasteiger charge is 2.23. The lowest BCUT2D eigenvalue weighted by Gasteiger charge is -2.12. The first kappa shape index (κ1) is 26.0. The molecule has 7 nitrogen and oxygen atoms in total. The van der Waals surface area contributed by atoms with E-state index in [1.807, 2.05) is 36.4 Å². The first-order valence-electron chi connectivity index (χ1n) is 12.4. The van der Waals surface area contributed by atoms with Crippen molar-refractivity contribution in [2.45, 2.75) is 25.2 Å². The van der Waals surface area contributed by atoms with E-state index in [0.29, 0.717) is 23.8 Å². The van der Waals surface area contributed by atoms with Crippen molar-refractivity contribution < 1.29 is 24.2 Å². The van der Waals surface area contributed by atoms with Gasteiger partial charge in [0.1, 0.15) is 17.2 Å². The van der Waals surface area contributed by atoms with Crippen LogP contribution in [0.5, 0.6) is 11.5 Å². The van der Waals surface area contributed by atoms with Crippen molar-refractivity contribution in [2.24, 2.45) is 0 Å². The van der Waals surface area contributed by atoms with E-state index in [1.165, 1.54) is 18.4 Å². The molecule has 0 spiro atoms. The number of methoxy groups -OCH3 is 1. The van der Waals surface area contributed by atoms with Crippen LogP contribution in [0.25, 0.3) is 6.08 Å². The molecule has 0 bridgehead atoms. The van der Waals surface area contributed by atoms with Gasteiger partial charge in [0, 0.05) is 18.5 Å². The second-order valence-electron chi connectivity index (χ2n) is 8.90. The summed E-state index contributed by atoms with van der Waals surface area (Å²) in [7, 11) is 1.64. The third-order valence-electron chi connectivity index (χ3n) is 6.12. The summed E-state index contributed by atoms with van der Waals surface area (Å²) in [5.41, 5.74) is 3.74.